The number of benzene rings is 2. The Bertz CT molecular complexity index is 1680. The lowest BCUT2D eigenvalue weighted by Crippen LogP contribution is -2.60. The van der Waals surface area contributed by atoms with Crippen LogP contribution in [0.25, 0.3) is 0 Å². The highest BCUT2D eigenvalue weighted by Crippen LogP contribution is 2.42. The van der Waals surface area contributed by atoms with Crippen molar-refractivity contribution >= 4 is 27.5 Å². The molecule has 13 nitrogen and oxygen atoms in total. The minimum Gasteiger partial charge on any atom is -0.487 e. The van der Waals surface area contributed by atoms with E-state index >= 15 is 0 Å². The molecule has 2 aromatic carbocycles. The normalized spacial score (nSPS) is 22.1. The standard InChI is InChI=1S/C33H41N3O10S2/c1-19(2)14-36(48(40,41)24-8-9-28-29(13-24)46-18-45-28)30(26-16-44-32-25(26)10-11-42-32)31(37)27(35-33(38)39)12-21-4-6-23(7-5-21)43-15-22-17-47-20(3)34-22/h4-9,13,17,19,25-27,30-32,35,37H,10-12,14-16,18H2,1-3H3,(H,38,39)/t25-,26+,27-,30?,31+,32+/m0/s1. The average Bonchev–Trinajstić information content (AvgIpc) is 3.85. The molecule has 3 aliphatic heterocycles. The fourth-order valence-electron chi connectivity index (χ4n) is 6.66. The summed E-state index contributed by atoms with van der Waals surface area (Å²) in [4.78, 5) is 16.5. The average molecular weight is 704 g/mol. The van der Waals surface area contributed by atoms with Crippen LogP contribution in [0.1, 0.15) is 36.5 Å². The summed E-state index contributed by atoms with van der Waals surface area (Å²) in [6.45, 7) is 6.67. The Balaban J connectivity index is 1.31. The Hall–Kier alpha value is -3.47. The maximum atomic E-state index is 14.6. The minimum absolute atomic E-state index is 0.0144. The van der Waals surface area contributed by atoms with Gasteiger partial charge in [0.2, 0.25) is 16.8 Å². The first-order valence-corrected chi connectivity index (χ1v) is 18.3. The quantitative estimate of drug-likeness (QED) is 0.222. The monoisotopic (exact) mass is 703 g/mol. The molecule has 6 rings (SSSR count). The third-order valence-corrected chi connectivity index (χ3v) is 11.5. The van der Waals surface area contributed by atoms with Gasteiger partial charge in [-0.2, -0.15) is 4.31 Å². The number of fused-ring (bicyclic) bond motifs is 2. The maximum Gasteiger partial charge on any atom is 0.404 e. The first-order chi connectivity index (χ1) is 23.0. The van der Waals surface area contributed by atoms with Crippen LogP contribution in [-0.4, -0.2) is 85.0 Å². The summed E-state index contributed by atoms with van der Waals surface area (Å²) in [6.07, 6.45) is -2.61. The number of ether oxygens (including phenoxy) is 5. The molecule has 260 valence electrons. The van der Waals surface area contributed by atoms with E-state index in [1.165, 1.54) is 16.4 Å². The zero-order valence-corrected chi connectivity index (χ0v) is 28.6. The van der Waals surface area contributed by atoms with Crippen molar-refractivity contribution in [3.05, 3.63) is 64.1 Å². The molecule has 0 bridgehead atoms. The number of aliphatic hydroxyl groups excluding tert-OH is 1. The van der Waals surface area contributed by atoms with Gasteiger partial charge in [0.05, 0.1) is 47.0 Å². The number of aromatic nitrogens is 1. The molecule has 4 heterocycles. The lowest BCUT2D eigenvalue weighted by atomic mass is 9.81. The van der Waals surface area contributed by atoms with Crippen LogP contribution in [-0.2, 0) is 32.5 Å². The van der Waals surface area contributed by atoms with Gasteiger partial charge in [-0.15, -0.1) is 11.3 Å². The summed E-state index contributed by atoms with van der Waals surface area (Å²) >= 11 is 1.55. The summed E-state index contributed by atoms with van der Waals surface area (Å²) in [7, 11) is -4.25. The van der Waals surface area contributed by atoms with Crippen LogP contribution in [0, 0.1) is 24.7 Å². The molecular formula is C33H41N3O10S2. The van der Waals surface area contributed by atoms with E-state index in [1.54, 1.807) is 41.7 Å². The lowest BCUT2D eigenvalue weighted by molar-refractivity contribution is -0.0907. The van der Waals surface area contributed by atoms with Crippen LogP contribution in [0.5, 0.6) is 17.2 Å². The van der Waals surface area contributed by atoms with Gasteiger partial charge in [0, 0.05) is 29.8 Å². The summed E-state index contributed by atoms with van der Waals surface area (Å²) in [5.74, 6) is 0.571. The van der Waals surface area contributed by atoms with Crippen molar-refractivity contribution in [1.82, 2.24) is 14.6 Å². The Morgan fingerprint density at radius 3 is 2.62 bits per heavy atom. The molecular weight excluding hydrogens is 663 g/mol. The Morgan fingerprint density at radius 1 is 1.15 bits per heavy atom. The molecule has 3 N–H and O–H groups in total. The first kappa shape index (κ1) is 34.4. The van der Waals surface area contributed by atoms with Gasteiger partial charge in [0.1, 0.15) is 12.4 Å². The number of sulfonamides is 1. The zero-order valence-electron chi connectivity index (χ0n) is 27.0. The first-order valence-electron chi connectivity index (χ1n) is 15.9. The predicted molar refractivity (Wildman–Crippen MR) is 175 cm³/mol. The van der Waals surface area contributed by atoms with E-state index in [9.17, 15) is 23.4 Å². The van der Waals surface area contributed by atoms with Crippen LogP contribution >= 0.6 is 11.3 Å². The topological polar surface area (TPSA) is 166 Å². The van der Waals surface area contributed by atoms with Crippen molar-refractivity contribution in [2.75, 3.05) is 26.6 Å². The number of nitrogens with one attached hydrogen (secondary N) is 1. The largest absolute Gasteiger partial charge is 0.487 e. The molecule has 0 spiro atoms. The highest BCUT2D eigenvalue weighted by molar-refractivity contribution is 7.89. The fraction of sp³-hybridized carbons (Fsp3) is 0.515. The van der Waals surface area contributed by atoms with Crippen molar-refractivity contribution in [1.29, 1.82) is 0 Å². The third-order valence-electron chi connectivity index (χ3n) is 8.86. The molecule has 6 atom stereocenters. The number of carbonyl (C=O) groups is 1. The maximum absolute atomic E-state index is 14.6. The molecule has 0 radical (unpaired) electrons. The van der Waals surface area contributed by atoms with E-state index in [0.717, 1.165) is 16.3 Å². The van der Waals surface area contributed by atoms with Crippen LogP contribution in [0.2, 0.25) is 0 Å². The van der Waals surface area contributed by atoms with Gasteiger partial charge < -0.3 is 39.2 Å². The van der Waals surface area contributed by atoms with Gasteiger partial charge >= 0.3 is 6.09 Å². The van der Waals surface area contributed by atoms with Gasteiger partial charge in [0.15, 0.2) is 17.8 Å². The van der Waals surface area contributed by atoms with Crippen LogP contribution in [0.4, 0.5) is 4.79 Å². The second-order valence-electron chi connectivity index (χ2n) is 12.7. The predicted octanol–water partition coefficient (Wildman–Crippen LogP) is 4.02. The Kier molecular flexibility index (Phi) is 10.4. The van der Waals surface area contributed by atoms with Crippen molar-refractivity contribution in [3.63, 3.8) is 0 Å². The van der Waals surface area contributed by atoms with Gasteiger partial charge in [-0.3, -0.25) is 0 Å². The van der Waals surface area contributed by atoms with Gasteiger partial charge in [-0.05, 0) is 55.5 Å². The smallest absolute Gasteiger partial charge is 0.404 e. The number of nitrogens with zero attached hydrogens (tertiary/aromatic N) is 2. The molecule has 0 saturated carbocycles. The molecule has 2 saturated heterocycles. The Morgan fingerprint density at radius 2 is 1.92 bits per heavy atom. The van der Waals surface area contributed by atoms with E-state index in [-0.39, 0.29) is 43.1 Å². The summed E-state index contributed by atoms with van der Waals surface area (Å²) in [6, 6.07) is 9.46. The van der Waals surface area contributed by atoms with Gasteiger partial charge in [0.25, 0.3) is 0 Å². The summed E-state index contributed by atoms with van der Waals surface area (Å²) in [5, 5.41) is 27.5. The fourth-order valence-corrected chi connectivity index (χ4v) is 9.12. The zero-order chi connectivity index (χ0) is 34.0. The van der Waals surface area contributed by atoms with E-state index in [0.29, 0.717) is 36.9 Å². The molecule has 3 aliphatic rings. The van der Waals surface area contributed by atoms with E-state index < -0.39 is 46.5 Å². The van der Waals surface area contributed by atoms with Crippen molar-refractivity contribution in [2.24, 2.45) is 17.8 Å². The minimum atomic E-state index is -4.25. The second-order valence-corrected chi connectivity index (χ2v) is 15.7. The second kappa shape index (κ2) is 14.6. The number of aryl methyl sites for hydroxylation is 1. The number of aliphatic hydroxyl groups is 1. The number of rotatable bonds is 14. The number of thiazole rings is 1. The van der Waals surface area contributed by atoms with Gasteiger partial charge in [-0.25, -0.2) is 18.2 Å². The lowest BCUT2D eigenvalue weighted by Gasteiger charge is -2.42. The molecule has 1 amide bonds. The molecule has 3 aromatic rings. The van der Waals surface area contributed by atoms with E-state index in [4.69, 9.17) is 23.7 Å². The number of hydrogen-bond acceptors (Lipinski definition) is 11. The molecule has 48 heavy (non-hydrogen) atoms. The third kappa shape index (κ3) is 7.56. The highest BCUT2D eigenvalue weighted by Gasteiger charge is 2.52. The summed E-state index contributed by atoms with van der Waals surface area (Å²) in [5.41, 5.74) is 1.55. The number of carboxylic acid groups (broad SMARTS) is 1. The van der Waals surface area contributed by atoms with Crippen LogP contribution in [0.15, 0.2) is 52.7 Å². The van der Waals surface area contributed by atoms with Crippen molar-refractivity contribution in [3.8, 4) is 17.2 Å². The number of amides is 1. The van der Waals surface area contributed by atoms with Crippen molar-refractivity contribution in [2.45, 2.75) is 69.6 Å². The molecule has 2 fully saturated rings. The molecule has 1 aromatic heterocycles. The molecule has 15 heteroatoms. The SMILES string of the molecule is Cc1nc(COc2ccc(C[C@H](NC(=O)O)[C@@H](O)C([C@@H]3CO[C@H]4OCC[C@H]43)N(CC(C)C)S(=O)(=O)c3ccc4c(c3)OCO4)cc2)cs1. The van der Waals surface area contributed by atoms with Crippen LogP contribution in [0.3, 0.4) is 0 Å². The molecule has 0 aliphatic carbocycles. The Labute approximate surface area is 283 Å². The van der Waals surface area contributed by atoms with Gasteiger partial charge in [-0.1, -0.05) is 26.0 Å². The van der Waals surface area contributed by atoms with Crippen molar-refractivity contribution < 1.29 is 47.1 Å². The number of hydrogen-bond donors (Lipinski definition) is 3. The van der Waals surface area contributed by atoms with Crippen LogP contribution < -0.4 is 19.5 Å². The van der Waals surface area contributed by atoms with E-state index in [1.807, 2.05) is 26.2 Å². The van der Waals surface area contributed by atoms with E-state index in [2.05, 4.69) is 10.3 Å². The highest BCUT2D eigenvalue weighted by atomic mass is 32.2. The molecule has 1 unspecified atom stereocenters. The summed E-state index contributed by atoms with van der Waals surface area (Å²) < 4.78 is 58.9.